The van der Waals surface area contributed by atoms with E-state index in [4.69, 9.17) is 19.2 Å². The topological polar surface area (TPSA) is 52.0 Å². The minimum absolute atomic E-state index is 0.102. The van der Waals surface area contributed by atoms with E-state index in [-0.39, 0.29) is 5.75 Å². The van der Waals surface area contributed by atoms with E-state index in [9.17, 15) is 17.6 Å². The van der Waals surface area contributed by atoms with Crippen LogP contribution in [-0.2, 0) is 12.7 Å². The normalized spacial score (nSPS) is 15.9. The molecular weight excluding hydrogens is 612 g/mol. The lowest BCUT2D eigenvalue weighted by molar-refractivity contribution is -0.140. The third-order valence-electron chi connectivity index (χ3n) is 8.86. The molecule has 2 fully saturated rings. The van der Waals surface area contributed by atoms with E-state index in [0.29, 0.717) is 30.8 Å². The molecule has 1 aromatic heterocycles. The van der Waals surface area contributed by atoms with Gasteiger partial charge in [0.1, 0.15) is 47.6 Å². The number of hydrogen-bond acceptors (Lipinski definition) is 6. The van der Waals surface area contributed by atoms with Gasteiger partial charge in [-0.15, -0.1) is 0 Å². The van der Waals surface area contributed by atoms with Crippen LogP contribution < -0.4 is 14.2 Å². The molecule has 3 heterocycles. The van der Waals surface area contributed by atoms with E-state index >= 15 is 0 Å². The molecule has 252 valence electrons. The van der Waals surface area contributed by atoms with Crippen molar-refractivity contribution in [3.8, 4) is 34.4 Å². The Balaban J connectivity index is 1.28. The number of hydrogen-bond donors (Lipinski definition) is 0. The Hall–Kier alpha value is -3.83. The second-order valence-corrected chi connectivity index (χ2v) is 12.3. The van der Waals surface area contributed by atoms with Crippen molar-refractivity contribution in [3.63, 3.8) is 0 Å². The lowest BCUT2D eigenvalue weighted by Gasteiger charge is -2.17. The summed E-state index contributed by atoms with van der Waals surface area (Å²) in [4.78, 5) is 9.93. The Bertz CT molecular complexity index is 1630. The first-order chi connectivity index (χ1) is 22.8. The molecule has 0 atom stereocenters. The van der Waals surface area contributed by atoms with Crippen molar-refractivity contribution in [1.82, 2.24) is 19.4 Å². The SMILES string of the molecule is CCCCn1c(-c2ccc(Oc3ccc(F)c(C(F)(F)F)c3)cc2)nc2c(OCCN3CCCC3)cc(OCCN3CCCC3)cc21. The molecule has 7 nitrogen and oxygen atoms in total. The lowest BCUT2D eigenvalue weighted by atomic mass is 10.2. The molecular formula is C36H42F4N4O3. The number of fused-ring (bicyclic) bond motifs is 1. The maximum Gasteiger partial charge on any atom is 0.419 e. The number of aryl methyl sites for hydroxylation is 1. The molecule has 6 rings (SSSR count). The third kappa shape index (κ3) is 8.19. The van der Waals surface area contributed by atoms with Gasteiger partial charge in [0.15, 0.2) is 5.75 Å². The molecule has 0 aliphatic carbocycles. The minimum atomic E-state index is -4.82. The molecule has 0 radical (unpaired) electrons. The van der Waals surface area contributed by atoms with Crippen LogP contribution in [0.15, 0.2) is 54.6 Å². The highest BCUT2D eigenvalue weighted by Crippen LogP contribution is 2.37. The fourth-order valence-corrected chi connectivity index (χ4v) is 6.31. The highest BCUT2D eigenvalue weighted by molar-refractivity contribution is 5.87. The Labute approximate surface area is 273 Å². The Morgan fingerprint density at radius 2 is 1.38 bits per heavy atom. The summed E-state index contributed by atoms with van der Waals surface area (Å²) in [5.41, 5.74) is 1.14. The van der Waals surface area contributed by atoms with Crippen LogP contribution >= 0.6 is 0 Å². The van der Waals surface area contributed by atoms with Gasteiger partial charge in [0, 0.05) is 37.3 Å². The molecule has 47 heavy (non-hydrogen) atoms. The molecule has 2 saturated heterocycles. The van der Waals surface area contributed by atoms with Gasteiger partial charge in [-0.2, -0.15) is 13.2 Å². The van der Waals surface area contributed by atoms with Crippen LogP contribution in [0, 0.1) is 5.82 Å². The summed E-state index contributed by atoms with van der Waals surface area (Å²) in [7, 11) is 0. The van der Waals surface area contributed by atoms with Crippen LogP contribution in [0.5, 0.6) is 23.0 Å². The number of halogens is 4. The maximum atomic E-state index is 13.8. The van der Waals surface area contributed by atoms with Gasteiger partial charge in [0.25, 0.3) is 0 Å². The van der Waals surface area contributed by atoms with Crippen LogP contribution in [0.1, 0.15) is 51.0 Å². The Kier molecular flexibility index (Phi) is 10.5. The smallest absolute Gasteiger partial charge is 0.419 e. The highest BCUT2D eigenvalue weighted by atomic mass is 19.4. The molecule has 11 heteroatoms. The second-order valence-electron chi connectivity index (χ2n) is 12.3. The molecule has 0 unspecified atom stereocenters. The van der Waals surface area contributed by atoms with Gasteiger partial charge in [0.05, 0.1) is 11.1 Å². The van der Waals surface area contributed by atoms with Crippen LogP contribution in [-0.4, -0.2) is 71.8 Å². The summed E-state index contributed by atoms with van der Waals surface area (Å²) in [6.45, 7) is 10.2. The number of ether oxygens (including phenoxy) is 3. The predicted octanol–water partition coefficient (Wildman–Crippen LogP) is 8.40. The molecule has 0 bridgehead atoms. The van der Waals surface area contributed by atoms with E-state index in [2.05, 4.69) is 21.3 Å². The third-order valence-corrected chi connectivity index (χ3v) is 8.86. The summed E-state index contributed by atoms with van der Waals surface area (Å²) >= 11 is 0. The molecule has 4 aromatic rings. The van der Waals surface area contributed by atoms with E-state index in [1.807, 2.05) is 24.3 Å². The van der Waals surface area contributed by atoms with Gasteiger partial charge in [-0.1, -0.05) is 13.3 Å². The quantitative estimate of drug-likeness (QED) is 0.127. The lowest BCUT2D eigenvalue weighted by Crippen LogP contribution is -2.25. The van der Waals surface area contributed by atoms with Crippen molar-refractivity contribution in [2.45, 2.75) is 58.2 Å². The van der Waals surface area contributed by atoms with E-state index in [0.717, 1.165) is 92.9 Å². The van der Waals surface area contributed by atoms with Crippen molar-refractivity contribution >= 4 is 11.0 Å². The van der Waals surface area contributed by atoms with Crippen LogP contribution in [0.3, 0.4) is 0 Å². The monoisotopic (exact) mass is 654 g/mol. The molecule has 0 saturated carbocycles. The standard InChI is InChI=1S/C36H42F4N4O3/c1-2-3-18-44-32-24-29(45-21-19-42-14-4-5-15-42)25-33(46-22-20-43-16-6-7-17-43)34(32)41-35(44)26-8-10-27(11-9-26)47-28-12-13-31(37)30(23-28)36(38,39)40/h8-13,23-25H,2-7,14-22H2,1H3. The number of unbranched alkanes of at least 4 members (excludes halogenated alkanes) is 1. The molecule has 2 aliphatic heterocycles. The number of imidazole rings is 1. The van der Waals surface area contributed by atoms with Crippen LogP contribution in [0.25, 0.3) is 22.4 Å². The van der Waals surface area contributed by atoms with Crippen molar-refractivity contribution in [1.29, 1.82) is 0 Å². The van der Waals surface area contributed by atoms with Gasteiger partial charge < -0.3 is 18.8 Å². The van der Waals surface area contributed by atoms with Crippen molar-refractivity contribution in [2.75, 3.05) is 52.5 Å². The summed E-state index contributed by atoms with van der Waals surface area (Å²) in [5.74, 6) is 1.06. The number of aromatic nitrogens is 2. The average Bonchev–Trinajstić information content (AvgIpc) is 3.83. The molecule has 2 aliphatic rings. The molecule has 3 aromatic carbocycles. The molecule has 0 spiro atoms. The van der Waals surface area contributed by atoms with Crippen molar-refractivity contribution < 1.29 is 31.8 Å². The zero-order chi connectivity index (χ0) is 32.8. The fraction of sp³-hybridized carbons (Fsp3) is 0.472. The van der Waals surface area contributed by atoms with Crippen LogP contribution in [0.4, 0.5) is 17.6 Å². The molecule has 0 amide bonds. The zero-order valence-electron chi connectivity index (χ0n) is 26.8. The summed E-state index contributed by atoms with van der Waals surface area (Å²) < 4.78 is 74.0. The van der Waals surface area contributed by atoms with E-state index in [1.165, 1.54) is 31.7 Å². The van der Waals surface area contributed by atoms with Crippen molar-refractivity contribution in [3.05, 3.63) is 66.0 Å². The van der Waals surface area contributed by atoms with Gasteiger partial charge in [-0.3, -0.25) is 9.80 Å². The van der Waals surface area contributed by atoms with E-state index in [1.54, 1.807) is 12.1 Å². The Morgan fingerprint density at radius 1 is 0.745 bits per heavy atom. The second kappa shape index (κ2) is 14.9. The fourth-order valence-electron chi connectivity index (χ4n) is 6.31. The number of nitrogens with zero attached hydrogens (tertiary/aromatic N) is 4. The number of likely N-dealkylation sites (tertiary alicyclic amines) is 2. The average molecular weight is 655 g/mol. The van der Waals surface area contributed by atoms with Gasteiger partial charge in [-0.05, 0) is 101 Å². The van der Waals surface area contributed by atoms with Crippen molar-refractivity contribution in [2.24, 2.45) is 0 Å². The highest BCUT2D eigenvalue weighted by Gasteiger charge is 2.34. The van der Waals surface area contributed by atoms with Gasteiger partial charge in [0.2, 0.25) is 0 Å². The van der Waals surface area contributed by atoms with Gasteiger partial charge >= 0.3 is 6.18 Å². The minimum Gasteiger partial charge on any atom is -0.492 e. The largest absolute Gasteiger partial charge is 0.492 e. The van der Waals surface area contributed by atoms with Gasteiger partial charge in [-0.25, -0.2) is 9.37 Å². The summed E-state index contributed by atoms with van der Waals surface area (Å²) in [6, 6.07) is 13.6. The Morgan fingerprint density at radius 3 is 2.02 bits per heavy atom. The number of benzene rings is 3. The summed E-state index contributed by atoms with van der Waals surface area (Å²) in [6.07, 6.45) is 2.03. The van der Waals surface area contributed by atoms with E-state index < -0.39 is 17.6 Å². The zero-order valence-corrected chi connectivity index (χ0v) is 26.8. The number of alkyl halides is 3. The number of rotatable bonds is 14. The first kappa shape index (κ1) is 33.1. The first-order valence-corrected chi connectivity index (χ1v) is 16.7. The predicted molar refractivity (Wildman–Crippen MR) is 174 cm³/mol. The molecule has 0 N–H and O–H groups in total. The first-order valence-electron chi connectivity index (χ1n) is 16.7. The maximum absolute atomic E-state index is 13.8. The summed E-state index contributed by atoms with van der Waals surface area (Å²) in [5, 5.41) is 0. The van der Waals surface area contributed by atoms with Crippen LogP contribution in [0.2, 0.25) is 0 Å².